The van der Waals surface area contributed by atoms with E-state index in [-0.39, 0.29) is 36.0 Å². The molecule has 0 unspecified atom stereocenters. The summed E-state index contributed by atoms with van der Waals surface area (Å²) in [6.07, 6.45) is -9.25. The third-order valence-electron chi connectivity index (χ3n) is 11.8. The molecule has 2 aliphatic carbocycles. The van der Waals surface area contributed by atoms with Crippen LogP contribution in [-0.2, 0) is 36.9 Å². The molecule has 294 valence electrons. The number of methoxy groups -OCH3 is 1. The van der Waals surface area contributed by atoms with Crippen LogP contribution in [-0.4, -0.2) is 40.9 Å². The van der Waals surface area contributed by atoms with Crippen molar-refractivity contribution < 1.29 is 55.4 Å². The van der Waals surface area contributed by atoms with Crippen molar-refractivity contribution in [3.05, 3.63) is 130 Å². The fourth-order valence-electron chi connectivity index (χ4n) is 9.38. The number of hydrazine groups is 1. The van der Waals surface area contributed by atoms with E-state index in [1.54, 1.807) is 66.7 Å². The molecule has 8 rings (SSSR count). The molecule has 2 aliphatic heterocycles. The third kappa shape index (κ3) is 5.76. The van der Waals surface area contributed by atoms with E-state index in [4.69, 9.17) is 4.74 Å². The molecule has 4 aromatic carbocycles. The number of halogens is 6. The summed E-state index contributed by atoms with van der Waals surface area (Å²) in [6, 6.07) is 20.4. The van der Waals surface area contributed by atoms with Crippen LogP contribution in [0.15, 0.2) is 103 Å². The quantitative estimate of drug-likeness (QED) is 0.116. The zero-order valence-electron chi connectivity index (χ0n) is 30.2. The summed E-state index contributed by atoms with van der Waals surface area (Å²) in [5.41, 5.74) is -0.908. The summed E-state index contributed by atoms with van der Waals surface area (Å²) < 4.78 is 89.3. The number of amides is 4. The van der Waals surface area contributed by atoms with Crippen molar-refractivity contribution in [3.8, 4) is 11.5 Å². The van der Waals surface area contributed by atoms with Crippen LogP contribution < -0.4 is 15.1 Å². The zero-order valence-corrected chi connectivity index (χ0v) is 30.2. The highest BCUT2D eigenvalue weighted by Crippen LogP contribution is 2.66. The highest BCUT2D eigenvalue weighted by atomic mass is 19.4. The molecule has 0 bridgehead atoms. The molecular weight excluding hydrogens is 756 g/mol. The van der Waals surface area contributed by atoms with Gasteiger partial charge in [-0.3, -0.25) is 24.6 Å². The van der Waals surface area contributed by atoms with Crippen LogP contribution in [0.3, 0.4) is 0 Å². The monoisotopic (exact) mass is 789 g/mol. The van der Waals surface area contributed by atoms with Crippen LogP contribution in [0.5, 0.6) is 11.5 Å². The van der Waals surface area contributed by atoms with E-state index in [1.165, 1.54) is 19.2 Å². The molecule has 4 aliphatic rings. The van der Waals surface area contributed by atoms with Crippen molar-refractivity contribution in [1.29, 1.82) is 0 Å². The Hall–Kier alpha value is -6.12. The number of carbonyl (C=O) groups is 4. The van der Waals surface area contributed by atoms with Crippen molar-refractivity contribution >= 4 is 35.0 Å². The highest BCUT2D eigenvalue weighted by Gasteiger charge is 2.71. The lowest BCUT2D eigenvalue weighted by Gasteiger charge is -2.50. The van der Waals surface area contributed by atoms with Crippen molar-refractivity contribution in [2.45, 2.75) is 43.5 Å². The first-order chi connectivity index (χ1) is 27.0. The summed E-state index contributed by atoms with van der Waals surface area (Å²) in [6.45, 7) is 1.86. The number of anilines is 2. The summed E-state index contributed by atoms with van der Waals surface area (Å²) in [7, 11) is 1.35. The molecule has 2 heterocycles. The number of nitrogens with zero attached hydrogens (tertiary/aromatic N) is 2. The lowest BCUT2D eigenvalue weighted by molar-refractivity contribution is -0.143. The Balaban J connectivity index is 1.32. The van der Waals surface area contributed by atoms with Gasteiger partial charge < -0.3 is 9.84 Å². The summed E-state index contributed by atoms with van der Waals surface area (Å²) in [5, 5.41) is 12.5. The fraction of sp³-hybridized carbons (Fsp3) is 0.286. The van der Waals surface area contributed by atoms with E-state index in [0.717, 1.165) is 10.6 Å². The van der Waals surface area contributed by atoms with Crippen LogP contribution >= 0.6 is 0 Å². The number of phenolic OH excluding ortho intramolecular Hbond substituents is 1. The number of imide groups is 2. The zero-order chi connectivity index (χ0) is 40.8. The molecule has 6 atom stereocenters. The molecule has 4 aromatic rings. The first-order valence-electron chi connectivity index (χ1n) is 18.0. The van der Waals surface area contributed by atoms with Crippen LogP contribution in [0.2, 0.25) is 0 Å². The summed E-state index contributed by atoms with van der Waals surface area (Å²) in [4.78, 5) is 59.1. The second-order valence-electron chi connectivity index (χ2n) is 14.8. The standard InChI is InChI=1S/C42H33F6N3O6/c1-21-11-13-25(14-12-21)49-51-37(54)30-20-29-27(35(34-31(52)9-6-10-32(34)57-2)40(30,39(51)56)22-7-4-3-5-8-22)15-16-28-33(29)38(55)50(36(28)53)26-18-23(41(43,44)45)17-24(19-26)42(46,47)48/h3-15,17-19,28-30,33,35,49,52H,16,20H2,1-2H3/t28-,29+,30-,33-,35+,40+/m0/s1. The van der Waals surface area contributed by atoms with Gasteiger partial charge in [0.05, 0.1) is 52.8 Å². The number of benzene rings is 4. The maximum Gasteiger partial charge on any atom is 0.416 e. The average molecular weight is 790 g/mol. The molecular formula is C42H33F6N3O6. The van der Waals surface area contributed by atoms with Gasteiger partial charge in [0, 0.05) is 11.5 Å². The molecule has 1 saturated carbocycles. The van der Waals surface area contributed by atoms with Crippen LogP contribution in [0.25, 0.3) is 0 Å². The Bertz CT molecular complexity index is 2330. The summed E-state index contributed by atoms with van der Waals surface area (Å²) >= 11 is 0. The van der Waals surface area contributed by atoms with Crippen LogP contribution in [0, 0.1) is 30.6 Å². The first-order valence-corrected chi connectivity index (χ1v) is 18.0. The topological polar surface area (TPSA) is 116 Å². The molecule has 0 aromatic heterocycles. The van der Waals surface area contributed by atoms with Crippen LogP contribution in [0.4, 0.5) is 37.7 Å². The smallest absolute Gasteiger partial charge is 0.416 e. The normalized spacial score (nSPS) is 25.9. The Labute approximate surface area is 321 Å². The SMILES string of the molecule is COc1cccc(O)c1[C@H]1C2=CC[C@@H]3C(=O)N(c4cc(C(F)(F)F)cc(C(F)(F)F)c4)C(=O)[C@@H]3[C@@H]2C[C@H]2C(=O)N(Nc3ccc(C)cc3)C(=O)[C@@]12c1ccccc1. The third-order valence-corrected chi connectivity index (χ3v) is 11.8. The summed E-state index contributed by atoms with van der Waals surface area (Å²) in [5.74, 6) is -9.67. The van der Waals surface area contributed by atoms with Gasteiger partial charge in [-0.25, -0.2) is 4.90 Å². The second kappa shape index (κ2) is 13.2. The predicted octanol–water partition coefficient (Wildman–Crippen LogP) is 7.94. The molecule has 2 saturated heterocycles. The Morgan fingerprint density at radius 1 is 0.789 bits per heavy atom. The number of allylic oxidation sites excluding steroid dienone is 2. The van der Waals surface area contributed by atoms with Crippen molar-refractivity contribution in [2.75, 3.05) is 17.4 Å². The van der Waals surface area contributed by atoms with E-state index in [1.807, 2.05) is 6.92 Å². The molecule has 9 nitrogen and oxygen atoms in total. The Kier molecular flexibility index (Phi) is 8.78. The van der Waals surface area contributed by atoms with Gasteiger partial charge in [-0.2, -0.15) is 31.4 Å². The number of phenols is 1. The van der Waals surface area contributed by atoms with Gasteiger partial charge in [0.2, 0.25) is 11.8 Å². The number of ether oxygens (including phenoxy) is 1. The van der Waals surface area contributed by atoms with Crippen molar-refractivity contribution in [3.63, 3.8) is 0 Å². The largest absolute Gasteiger partial charge is 0.508 e. The van der Waals surface area contributed by atoms with Gasteiger partial charge in [0.1, 0.15) is 11.5 Å². The van der Waals surface area contributed by atoms with Gasteiger partial charge in [0.15, 0.2) is 0 Å². The fourth-order valence-corrected chi connectivity index (χ4v) is 9.38. The maximum atomic E-state index is 15.3. The van der Waals surface area contributed by atoms with Crippen LogP contribution in [0.1, 0.15) is 46.6 Å². The van der Waals surface area contributed by atoms with Gasteiger partial charge in [-0.05, 0) is 73.7 Å². The number of alkyl halides is 6. The number of aromatic hydroxyl groups is 1. The maximum absolute atomic E-state index is 15.3. The van der Waals surface area contributed by atoms with Crippen molar-refractivity contribution in [2.24, 2.45) is 23.7 Å². The van der Waals surface area contributed by atoms with E-state index in [9.17, 15) is 45.8 Å². The predicted molar refractivity (Wildman–Crippen MR) is 192 cm³/mol. The van der Waals surface area contributed by atoms with E-state index in [2.05, 4.69) is 5.43 Å². The Morgan fingerprint density at radius 2 is 1.44 bits per heavy atom. The Morgan fingerprint density at radius 3 is 2.05 bits per heavy atom. The molecule has 3 fully saturated rings. The minimum Gasteiger partial charge on any atom is -0.508 e. The lowest BCUT2D eigenvalue weighted by Crippen LogP contribution is -2.53. The lowest BCUT2D eigenvalue weighted by atomic mass is 9.49. The van der Waals surface area contributed by atoms with E-state index >= 15 is 4.79 Å². The number of aryl methyl sites for hydroxylation is 1. The molecule has 2 N–H and O–H groups in total. The minimum atomic E-state index is -5.24. The molecule has 57 heavy (non-hydrogen) atoms. The number of rotatable bonds is 6. The van der Waals surface area contributed by atoms with Gasteiger partial charge in [0.25, 0.3) is 11.8 Å². The van der Waals surface area contributed by atoms with E-state index < -0.39 is 87.8 Å². The van der Waals surface area contributed by atoms with Crippen molar-refractivity contribution in [1.82, 2.24) is 5.01 Å². The van der Waals surface area contributed by atoms with Gasteiger partial charge in [-0.1, -0.05) is 65.7 Å². The average Bonchev–Trinajstić information content (AvgIpc) is 3.55. The number of nitrogens with one attached hydrogen (secondary N) is 1. The number of hydrogen-bond donors (Lipinski definition) is 2. The molecule has 0 radical (unpaired) electrons. The number of carbonyl (C=O) groups excluding carboxylic acids is 4. The highest BCUT2D eigenvalue weighted by molar-refractivity contribution is 6.22. The second-order valence-corrected chi connectivity index (χ2v) is 14.8. The number of hydrogen-bond acceptors (Lipinski definition) is 7. The molecule has 4 amide bonds. The molecule has 15 heteroatoms. The van der Waals surface area contributed by atoms with E-state index in [0.29, 0.717) is 33.9 Å². The minimum absolute atomic E-state index is 0.0883. The first kappa shape index (κ1) is 37.8. The van der Waals surface area contributed by atoms with Gasteiger partial charge in [-0.15, -0.1) is 0 Å². The van der Waals surface area contributed by atoms with Gasteiger partial charge >= 0.3 is 12.4 Å². The number of fused-ring (bicyclic) bond motifs is 4. The molecule has 0 spiro atoms.